The van der Waals surface area contributed by atoms with Gasteiger partial charge in [0.1, 0.15) is 0 Å². The first-order valence-electron chi connectivity index (χ1n) is 6.94. The molecule has 1 aliphatic rings. The third-order valence-electron chi connectivity index (χ3n) is 3.70. The number of amides is 1. The van der Waals surface area contributed by atoms with Crippen LogP contribution in [0.4, 0.5) is 0 Å². The van der Waals surface area contributed by atoms with Crippen LogP contribution in [0.25, 0.3) is 0 Å². The first-order valence-corrected chi connectivity index (χ1v) is 8.23. The molecule has 0 aromatic rings. The van der Waals surface area contributed by atoms with Crippen LogP contribution in [-0.4, -0.2) is 34.5 Å². The molecule has 0 saturated heterocycles. The third kappa shape index (κ3) is 4.60. The summed E-state index contributed by atoms with van der Waals surface area (Å²) in [4.78, 5) is 12.3. The second-order valence-corrected chi connectivity index (χ2v) is 6.12. The number of carbonyl (C=O) groups is 1. The van der Waals surface area contributed by atoms with Crippen molar-refractivity contribution in [1.82, 2.24) is 5.32 Å². The van der Waals surface area contributed by atoms with Crippen molar-refractivity contribution >= 4 is 23.5 Å². The van der Waals surface area contributed by atoms with Gasteiger partial charge in [0, 0.05) is 11.3 Å². The number of rotatable bonds is 6. The average molecular weight is 287 g/mol. The fraction of sp³-hybridized carbons (Fsp3) is 0.846. The molecule has 1 rings (SSSR count). The van der Waals surface area contributed by atoms with E-state index in [1.165, 1.54) is 6.42 Å². The predicted octanol–water partition coefficient (Wildman–Crippen LogP) is 1.94. The van der Waals surface area contributed by atoms with Crippen molar-refractivity contribution in [2.24, 2.45) is 16.8 Å². The van der Waals surface area contributed by atoms with Crippen LogP contribution in [0, 0.1) is 5.92 Å². The van der Waals surface area contributed by atoms with Gasteiger partial charge in [0.25, 0.3) is 0 Å². The average Bonchev–Trinajstić information content (AvgIpc) is 2.44. The molecule has 0 bridgehead atoms. The lowest BCUT2D eigenvalue weighted by Gasteiger charge is -2.32. The van der Waals surface area contributed by atoms with E-state index in [1.54, 1.807) is 0 Å². The molecule has 3 atom stereocenters. The molecule has 19 heavy (non-hydrogen) atoms. The van der Waals surface area contributed by atoms with Crippen molar-refractivity contribution in [2.45, 2.75) is 56.7 Å². The third-order valence-corrected chi connectivity index (χ3v) is 4.87. The molecule has 1 aliphatic carbocycles. The zero-order valence-corrected chi connectivity index (χ0v) is 12.6. The Labute approximate surface area is 119 Å². The summed E-state index contributed by atoms with van der Waals surface area (Å²) in [6.07, 6.45) is 8.08. The summed E-state index contributed by atoms with van der Waals surface area (Å²) < 4.78 is 0. The van der Waals surface area contributed by atoms with Crippen molar-refractivity contribution < 1.29 is 10.0 Å². The van der Waals surface area contributed by atoms with E-state index in [0.717, 1.165) is 25.7 Å². The molecular formula is C13H25N3O2S. The molecule has 1 saturated carbocycles. The fourth-order valence-electron chi connectivity index (χ4n) is 2.60. The molecule has 3 unspecified atom stereocenters. The van der Waals surface area contributed by atoms with Crippen LogP contribution in [0.1, 0.15) is 45.4 Å². The van der Waals surface area contributed by atoms with Gasteiger partial charge >= 0.3 is 0 Å². The van der Waals surface area contributed by atoms with Gasteiger partial charge in [-0.2, -0.15) is 11.8 Å². The maximum absolute atomic E-state index is 12.3. The zero-order valence-electron chi connectivity index (χ0n) is 11.8. The molecule has 6 heteroatoms. The molecule has 0 aromatic heterocycles. The summed E-state index contributed by atoms with van der Waals surface area (Å²) in [6.45, 7) is 1.98. The summed E-state index contributed by atoms with van der Waals surface area (Å²) >= 11 is 1.81. The number of amidine groups is 1. The van der Waals surface area contributed by atoms with Crippen LogP contribution in [0.15, 0.2) is 5.16 Å². The normalized spacial score (nSPS) is 25.9. The Morgan fingerprint density at radius 2 is 2.21 bits per heavy atom. The quantitative estimate of drug-likeness (QED) is 0.301. The van der Waals surface area contributed by atoms with Gasteiger partial charge in [-0.25, -0.2) is 0 Å². The van der Waals surface area contributed by atoms with E-state index in [1.807, 2.05) is 18.7 Å². The van der Waals surface area contributed by atoms with Crippen molar-refractivity contribution in [3.05, 3.63) is 0 Å². The van der Waals surface area contributed by atoms with Gasteiger partial charge in [-0.3, -0.25) is 4.79 Å². The Morgan fingerprint density at radius 1 is 1.53 bits per heavy atom. The topological polar surface area (TPSA) is 87.7 Å². The van der Waals surface area contributed by atoms with Crippen molar-refractivity contribution in [1.29, 1.82) is 0 Å². The van der Waals surface area contributed by atoms with Crippen LogP contribution < -0.4 is 11.1 Å². The van der Waals surface area contributed by atoms with Gasteiger partial charge in [0.2, 0.25) is 5.91 Å². The minimum absolute atomic E-state index is 0.0101. The summed E-state index contributed by atoms with van der Waals surface area (Å²) in [7, 11) is 0. The fourth-order valence-corrected chi connectivity index (χ4v) is 3.53. The maximum atomic E-state index is 12.3. The molecule has 1 amide bonds. The predicted molar refractivity (Wildman–Crippen MR) is 79.5 cm³/mol. The van der Waals surface area contributed by atoms with Crippen molar-refractivity contribution in [3.8, 4) is 0 Å². The van der Waals surface area contributed by atoms with Gasteiger partial charge in [-0.15, -0.1) is 0 Å². The van der Waals surface area contributed by atoms with Gasteiger partial charge in [0.05, 0.1) is 5.92 Å². The van der Waals surface area contributed by atoms with Crippen LogP contribution >= 0.6 is 11.8 Å². The van der Waals surface area contributed by atoms with Crippen LogP contribution in [0.5, 0.6) is 0 Å². The molecule has 5 nitrogen and oxygen atoms in total. The summed E-state index contributed by atoms with van der Waals surface area (Å²) in [6, 6.07) is 0.210. The first-order chi connectivity index (χ1) is 9.13. The lowest BCUT2D eigenvalue weighted by atomic mass is 9.93. The second-order valence-electron chi connectivity index (χ2n) is 5.04. The number of thioether (sulfide) groups is 1. The van der Waals surface area contributed by atoms with E-state index in [-0.39, 0.29) is 17.8 Å². The number of hydrogen-bond acceptors (Lipinski definition) is 4. The lowest BCUT2D eigenvalue weighted by Crippen LogP contribution is -2.48. The van der Waals surface area contributed by atoms with Crippen molar-refractivity contribution in [3.63, 3.8) is 0 Å². The van der Waals surface area contributed by atoms with Crippen LogP contribution in [0.2, 0.25) is 0 Å². The number of nitrogens with two attached hydrogens (primary N) is 1. The largest absolute Gasteiger partial charge is 0.409 e. The second kappa shape index (κ2) is 8.30. The van der Waals surface area contributed by atoms with Gasteiger partial charge < -0.3 is 16.3 Å². The molecule has 0 heterocycles. The van der Waals surface area contributed by atoms with E-state index in [2.05, 4.69) is 16.7 Å². The van der Waals surface area contributed by atoms with Gasteiger partial charge in [-0.05, 0) is 25.5 Å². The van der Waals surface area contributed by atoms with Crippen LogP contribution in [0.3, 0.4) is 0 Å². The lowest BCUT2D eigenvalue weighted by molar-refractivity contribution is -0.124. The molecule has 110 valence electrons. The number of hydrogen-bond donors (Lipinski definition) is 3. The highest BCUT2D eigenvalue weighted by atomic mass is 32.2. The highest BCUT2D eigenvalue weighted by Crippen LogP contribution is 2.27. The standard InChI is InChI=1S/C13H25N3O2S/c1-3-6-9(12(14)16-18)13(17)15-10-7-4-5-8-11(10)19-2/h9-11,18H,3-8H2,1-2H3,(H2,14,16)(H,15,17). The molecular weight excluding hydrogens is 262 g/mol. The van der Waals surface area contributed by atoms with E-state index < -0.39 is 5.92 Å². The van der Waals surface area contributed by atoms with E-state index in [4.69, 9.17) is 10.9 Å². The number of oxime groups is 1. The smallest absolute Gasteiger partial charge is 0.231 e. The monoisotopic (exact) mass is 287 g/mol. The first kappa shape index (κ1) is 16.1. The number of nitrogens with zero attached hydrogens (tertiary/aromatic N) is 1. The Morgan fingerprint density at radius 3 is 2.79 bits per heavy atom. The molecule has 1 fully saturated rings. The summed E-state index contributed by atoms with van der Waals surface area (Å²) in [5.74, 6) is -0.613. The Bertz CT molecular complexity index is 323. The molecule has 0 aliphatic heterocycles. The van der Waals surface area contributed by atoms with E-state index in [9.17, 15) is 4.79 Å². The van der Waals surface area contributed by atoms with E-state index >= 15 is 0 Å². The highest BCUT2D eigenvalue weighted by molar-refractivity contribution is 7.99. The SMILES string of the molecule is CCCC(C(=O)NC1CCCCC1SC)C(N)=NO. The minimum Gasteiger partial charge on any atom is -0.409 e. The summed E-state index contributed by atoms with van der Waals surface area (Å²) in [5.41, 5.74) is 5.61. The molecule has 0 aromatic carbocycles. The Kier molecular flexibility index (Phi) is 7.05. The Balaban J connectivity index is 2.64. The zero-order chi connectivity index (χ0) is 14.3. The number of carbonyl (C=O) groups excluding carboxylic acids is 1. The van der Waals surface area contributed by atoms with Crippen LogP contribution in [-0.2, 0) is 4.79 Å². The number of nitrogens with one attached hydrogen (secondary N) is 1. The molecule has 0 radical (unpaired) electrons. The van der Waals surface area contributed by atoms with Gasteiger partial charge in [0.15, 0.2) is 5.84 Å². The van der Waals surface area contributed by atoms with E-state index in [0.29, 0.717) is 11.7 Å². The highest BCUT2D eigenvalue weighted by Gasteiger charge is 2.29. The summed E-state index contributed by atoms with van der Waals surface area (Å²) in [5, 5.41) is 15.3. The van der Waals surface area contributed by atoms with Gasteiger partial charge in [-0.1, -0.05) is 31.3 Å². The van der Waals surface area contributed by atoms with Crippen molar-refractivity contribution in [2.75, 3.05) is 6.26 Å². The Hall–Kier alpha value is -0.910. The molecule has 0 spiro atoms. The molecule has 4 N–H and O–H groups in total. The minimum atomic E-state index is -0.514. The maximum Gasteiger partial charge on any atom is 0.231 e.